The lowest BCUT2D eigenvalue weighted by Crippen LogP contribution is -2.29. The van der Waals surface area contributed by atoms with E-state index in [2.05, 4.69) is 19.9 Å². The molecule has 0 radical (unpaired) electrons. The Kier molecular flexibility index (Phi) is 3.16. The molecule has 0 N–H and O–H groups in total. The van der Waals surface area contributed by atoms with Crippen molar-refractivity contribution in [3.05, 3.63) is 46.0 Å². The van der Waals surface area contributed by atoms with E-state index in [1.54, 1.807) is 6.08 Å². The third-order valence-corrected chi connectivity index (χ3v) is 4.93. The highest BCUT2D eigenvalue weighted by atomic mass is 16.1. The number of fused-ring (bicyclic) bond motifs is 3. The monoisotopic (exact) mass is 282 g/mol. The summed E-state index contributed by atoms with van der Waals surface area (Å²) in [5.41, 5.74) is 4.38. The number of hydrogen-bond donors (Lipinski definition) is 0. The number of ketones is 2. The summed E-state index contributed by atoms with van der Waals surface area (Å²) in [7, 11) is 0. The van der Waals surface area contributed by atoms with Crippen molar-refractivity contribution in [1.29, 1.82) is 0 Å². The van der Waals surface area contributed by atoms with E-state index in [1.807, 2.05) is 19.9 Å². The molecule has 0 spiro atoms. The van der Waals surface area contributed by atoms with Gasteiger partial charge in [-0.3, -0.25) is 9.59 Å². The first-order chi connectivity index (χ1) is 9.83. The summed E-state index contributed by atoms with van der Waals surface area (Å²) >= 11 is 0. The molecule has 3 rings (SSSR count). The summed E-state index contributed by atoms with van der Waals surface area (Å²) in [5.74, 6) is 0.135. The molecule has 0 aliphatic heterocycles. The molecule has 2 aliphatic rings. The standard InChI is InChI=1S/C19H22O2/c1-11(2)14-10-16(20)17-12-6-5-9-19(3,4)15(12)8-7-13(17)18(14)21/h7-8,10-11H,5-6,9H2,1-4H3. The summed E-state index contributed by atoms with van der Waals surface area (Å²) in [6.07, 6.45) is 4.69. The molecule has 2 aliphatic carbocycles. The Balaban J connectivity index is 2.23. The fourth-order valence-electron chi connectivity index (χ4n) is 3.72. The molecule has 0 heterocycles. The van der Waals surface area contributed by atoms with Crippen molar-refractivity contribution < 1.29 is 9.59 Å². The maximum absolute atomic E-state index is 12.6. The van der Waals surface area contributed by atoms with E-state index in [-0.39, 0.29) is 22.9 Å². The lowest BCUT2D eigenvalue weighted by Gasteiger charge is -2.35. The van der Waals surface area contributed by atoms with Crippen molar-refractivity contribution in [3.63, 3.8) is 0 Å². The highest BCUT2D eigenvalue weighted by Gasteiger charge is 2.35. The summed E-state index contributed by atoms with van der Waals surface area (Å²) in [5, 5.41) is 0. The summed E-state index contributed by atoms with van der Waals surface area (Å²) in [6, 6.07) is 3.94. The van der Waals surface area contributed by atoms with E-state index in [1.165, 1.54) is 5.56 Å². The van der Waals surface area contributed by atoms with Gasteiger partial charge in [0.15, 0.2) is 11.6 Å². The van der Waals surface area contributed by atoms with Crippen LogP contribution >= 0.6 is 0 Å². The Labute approximate surface area is 126 Å². The predicted molar refractivity (Wildman–Crippen MR) is 84.0 cm³/mol. The predicted octanol–water partition coefficient (Wildman–Crippen LogP) is 4.26. The van der Waals surface area contributed by atoms with Gasteiger partial charge < -0.3 is 0 Å². The minimum Gasteiger partial charge on any atom is -0.289 e. The van der Waals surface area contributed by atoms with Gasteiger partial charge in [-0.25, -0.2) is 0 Å². The maximum atomic E-state index is 12.6. The normalized spacial score (nSPS) is 20.1. The van der Waals surface area contributed by atoms with Crippen LogP contribution in [0.15, 0.2) is 23.8 Å². The lowest BCUT2D eigenvalue weighted by molar-refractivity contribution is 0.0975. The number of benzene rings is 1. The molecule has 0 unspecified atom stereocenters. The van der Waals surface area contributed by atoms with Crippen molar-refractivity contribution in [2.75, 3.05) is 0 Å². The lowest BCUT2D eigenvalue weighted by atomic mass is 9.69. The smallest absolute Gasteiger partial charge is 0.190 e. The van der Waals surface area contributed by atoms with Crippen LogP contribution in [-0.2, 0) is 11.8 Å². The average molecular weight is 282 g/mol. The van der Waals surface area contributed by atoms with Gasteiger partial charge in [0.1, 0.15) is 0 Å². The molecule has 0 saturated carbocycles. The van der Waals surface area contributed by atoms with Crippen molar-refractivity contribution in [1.82, 2.24) is 0 Å². The molecular formula is C19H22O2. The SMILES string of the molecule is CC(C)C1=CC(=O)c2c(ccc3c2CCCC3(C)C)C1=O. The Hall–Kier alpha value is -1.70. The number of Topliss-reactive ketones (excluding diaryl/α,β-unsaturated/α-hetero) is 1. The van der Waals surface area contributed by atoms with Crippen LogP contribution in [0.25, 0.3) is 0 Å². The zero-order valence-corrected chi connectivity index (χ0v) is 13.2. The Morgan fingerprint density at radius 2 is 1.86 bits per heavy atom. The van der Waals surface area contributed by atoms with Gasteiger partial charge in [0.05, 0.1) is 0 Å². The van der Waals surface area contributed by atoms with Crippen LogP contribution in [0.3, 0.4) is 0 Å². The zero-order chi connectivity index (χ0) is 15.4. The first-order valence-electron chi connectivity index (χ1n) is 7.80. The molecular weight excluding hydrogens is 260 g/mol. The molecule has 2 heteroatoms. The Bertz CT molecular complexity index is 675. The highest BCUT2D eigenvalue weighted by Crippen LogP contribution is 2.40. The molecule has 0 aromatic heterocycles. The van der Waals surface area contributed by atoms with Crippen LogP contribution in [0.4, 0.5) is 0 Å². The molecule has 0 amide bonds. The molecule has 0 bridgehead atoms. The second-order valence-corrected chi connectivity index (χ2v) is 7.20. The minimum atomic E-state index is 0.0165. The van der Waals surface area contributed by atoms with Gasteiger partial charge in [-0.1, -0.05) is 33.8 Å². The van der Waals surface area contributed by atoms with Gasteiger partial charge >= 0.3 is 0 Å². The molecule has 1 aromatic carbocycles. The van der Waals surface area contributed by atoms with Gasteiger partial charge in [0.2, 0.25) is 0 Å². The maximum Gasteiger partial charge on any atom is 0.190 e. The fourth-order valence-corrected chi connectivity index (χ4v) is 3.72. The highest BCUT2D eigenvalue weighted by molar-refractivity contribution is 6.25. The zero-order valence-electron chi connectivity index (χ0n) is 13.2. The molecule has 0 fully saturated rings. The van der Waals surface area contributed by atoms with Crippen LogP contribution in [0.5, 0.6) is 0 Å². The third-order valence-electron chi connectivity index (χ3n) is 4.93. The van der Waals surface area contributed by atoms with E-state index >= 15 is 0 Å². The number of hydrogen-bond acceptors (Lipinski definition) is 2. The van der Waals surface area contributed by atoms with Gasteiger partial charge in [0.25, 0.3) is 0 Å². The van der Waals surface area contributed by atoms with Crippen molar-refractivity contribution in [3.8, 4) is 0 Å². The van der Waals surface area contributed by atoms with Crippen LogP contribution in [0.1, 0.15) is 72.4 Å². The summed E-state index contributed by atoms with van der Waals surface area (Å²) < 4.78 is 0. The van der Waals surface area contributed by atoms with Gasteiger partial charge in [-0.2, -0.15) is 0 Å². The Morgan fingerprint density at radius 3 is 2.52 bits per heavy atom. The largest absolute Gasteiger partial charge is 0.289 e. The quantitative estimate of drug-likeness (QED) is 0.771. The van der Waals surface area contributed by atoms with Crippen molar-refractivity contribution in [2.45, 2.75) is 52.4 Å². The van der Waals surface area contributed by atoms with Gasteiger partial charge in [-0.05, 0) is 53.9 Å². The molecule has 0 saturated heterocycles. The molecule has 21 heavy (non-hydrogen) atoms. The van der Waals surface area contributed by atoms with E-state index in [4.69, 9.17) is 0 Å². The Morgan fingerprint density at radius 1 is 1.14 bits per heavy atom. The fraction of sp³-hybridized carbons (Fsp3) is 0.474. The minimum absolute atomic E-state index is 0.0165. The van der Waals surface area contributed by atoms with E-state index in [9.17, 15) is 9.59 Å². The third kappa shape index (κ3) is 2.08. The molecule has 2 nitrogen and oxygen atoms in total. The van der Waals surface area contributed by atoms with Crippen LogP contribution in [-0.4, -0.2) is 11.6 Å². The van der Waals surface area contributed by atoms with Crippen molar-refractivity contribution in [2.24, 2.45) is 5.92 Å². The van der Waals surface area contributed by atoms with Crippen LogP contribution in [0, 0.1) is 5.92 Å². The van der Waals surface area contributed by atoms with E-state index < -0.39 is 0 Å². The molecule has 110 valence electrons. The average Bonchev–Trinajstić information content (AvgIpc) is 2.41. The first kappa shape index (κ1) is 14.2. The summed E-state index contributed by atoms with van der Waals surface area (Å²) in [4.78, 5) is 25.2. The first-order valence-corrected chi connectivity index (χ1v) is 7.80. The number of carbonyl (C=O) groups excluding carboxylic acids is 2. The van der Waals surface area contributed by atoms with Gasteiger partial charge in [0, 0.05) is 16.7 Å². The second-order valence-electron chi connectivity index (χ2n) is 7.20. The van der Waals surface area contributed by atoms with Crippen molar-refractivity contribution >= 4 is 11.6 Å². The van der Waals surface area contributed by atoms with E-state index in [0.717, 1.165) is 24.8 Å². The second kappa shape index (κ2) is 4.66. The summed E-state index contributed by atoms with van der Waals surface area (Å²) in [6.45, 7) is 8.37. The van der Waals surface area contributed by atoms with Crippen LogP contribution in [0.2, 0.25) is 0 Å². The number of rotatable bonds is 1. The topological polar surface area (TPSA) is 34.1 Å². The molecule has 0 atom stereocenters. The van der Waals surface area contributed by atoms with Crippen LogP contribution < -0.4 is 0 Å². The van der Waals surface area contributed by atoms with Gasteiger partial charge in [-0.15, -0.1) is 0 Å². The molecule has 1 aromatic rings. The number of allylic oxidation sites excluding steroid dienone is 2. The van der Waals surface area contributed by atoms with E-state index in [0.29, 0.717) is 16.7 Å². The number of carbonyl (C=O) groups is 2.